The molecule has 1 aliphatic carbocycles. The van der Waals surface area contributed by atoms with Gasteiger partial charge in [0.1, 0.15) is 5.54 Å². The number of hydrogen-bond acceptors (Lipinski definition) is 4. The van der Waals surface area contributed by atoms with Crippen molar-refractivity contribution in [2.24, 2.45) is 5.73 Å². The molecule has 1 fully saturated rings. The number of aromatic nitrogens is 2. The zero-order valence-corrected chi connectivity index (χ0v) is 10.1. The molecule has 1 aliphatic rings. The van der Waals surface area contributed by atoms with E-state index in [2.05, 4.69) is 15.3 Å². The fourth-order valence-corrected chi connectivity index (χ4v) is 2.26. The molecule has 1 amide bonds. The minimum absolute atomic E-state index is 0.304. The highest BCUT2D eigenvalue weighted by molar-refractivity contribution is 5.87. The number of rotatable bonds is 3. The van der Waals surface area contributed by atoms with Crippen molar-refractivity contribution in [2.45, 2.75) is 44.6 Å². The minimum Gasteiger partial charge on any atom is -0.368 e. The lowest BCUT2D eigenvalue weighted by Crippen LogP contribution is -2.52. The third-order valence-electron chi connectivity index (χ3n) is 3.31. The zero-order valence-electron chi connectivity index (χ0n) is 10.1. The van der Waals surface area contributed by atoms with Crippen LogP contribution < -0.4 is 11.1 Å². The summed E-state index contributed by atoms with van der Waals surface area (Å²) in [4.78, 5) is 20.0. The smallest absolute Gasteiger partial charge is 0.243 e. The van der Waals surface area contributed by atoms with Crippen LogP contribution in [0.1, 0.15) is 37.7 Å². The van der Waals surface area contributed by atoms with Gasteiger partial charge in [0.2, 0.25) is 11.9 Å². The highest BCUT2D eigenvalue weighted by atomic mass is 16.1. The molecule has 1 saturated carbocycles. The number of hydrogen-bond donors (Lipinski definition) is 2. The van der Waals surface area contributed by atoms with Crippen LogP contribution in [-0.4, -0.2) is 21.4 Å². The van der Waals surface area contributed by atoms with E-state index < -0.39 is 5.54 Å². The van der Waals surface area contributed by atoms with Gasteiger partial charge in [-0.05, 0) is 25.3 Å². The van der Waals surface area contributed by atoms with Gasteiger partial charge in [-0.25, -0.2) is 9.97 Å². The van der Waals surface area contributed by atoms with Crippen LogP contribution in [0.2, 0.25) is 0 Å². The Morgan fingerprint density at radius 3 is 2.41 bits per heavy atom. The van der Waals surface area contributed by atoms with E-state index in [9.17, 15) is 4.79 Å². The van der Waals surface area contributed by atoms with Crippen LogP contribution >= 0.6 is 0 Å². The quantitative estimate of drug-likeness (QED) is 0.828. The van der Waals surface area contributed by atoms with Crippen molar-refractivity contribution in [2.75, 3.05) is 5.32 Å². The van der Waals surface area contributed by atoms with E-state index in [1.165, 1.54) is 0 Å². The van der Waals surface area contributed by atoms with Crippen LogP contribution in [-0.2, 0) is 4.79 Å². The van der Waals surface area contributed by atoms with Crippen molar-refractivity contribution in [3.63, 3.8) is 0 Å². The highest BCUT2D eigenvalue weighted by Crippen LogP contribution is 2.30. The Kier molecular flexibility index (Phi) is 3.26. The van der Waals surface area contributed by atoms with Crippen molar-refractivity contribution >= 4 is 11.9 Å². The van der Waals surface area contributed by atoms with Gasteiger partial charge in [-0.3, -0.25) is 4.79 Å². The van der Waals surface area contributed by atoms with Crippen molar-refractivity contribution in [1.29, 1.82) is 0 Å². The van der Waals surface area contributed by atoms with Crippen molar-refractivity contribution in [1.82, 2.24) is 9.97 Å². The number of nitrogens with one attached hydrogen (secondary N) is 1. The van der Waals surface area contributed by atoms with Crippen molar-refractivity contribution in [3.05, 3.63) is 18.0 Å². The summed E-state index contributed by atoms with van der Waals surface area (Å²) >= 11 is 0. The van der Waals surface area contributed by atoms with Gasteiger partial charge in [-0.1, -0.05) is 19.3 Å². The summed E-state index contributed by atoms with van der Waals surface area (Å²) < 4.78 is 0. The van der Waals surface area contributed by atoms with Gasteiger partial charge in [-0.15, -0.1) is 0 Å². The molecule has 0 atom stereocenters. The average Bonchev–Trinajstić information content (AvgIpc) is 2.33. The maximum absolute atomic E-state index is 11.7. The Hall–Kier alpha value is -1.65. The van der Waals surface area contributed by atoms with E-state index in [0.717, 1.165) is 37.7 Å². The van der Waals surface area contributed by atoms with Gasteiger partial charge >= 0.3 is 0 Å². The number of aryl methyl sites for hydroxylation is 1. The molecule has 0 aromatic carbocycles. The molecule has 0 radical (unpaired) electrons. The fourth-order valence-electron chi connectivity index (χ4n) is 2.26. The molecular weight excluding hydrogens is 216 g/mol. The maximum atomic E-state index is 11.7. The summed E-state index contributed by atoms with van der Waals surface area (Å²) in [6.45, 7) is 1.92. The molecular formula is C12H18N4O. The summed E-state index contributed by atoms with van der Waals surface area (Å²) in [7, 11) is 0. The van der Waals surface area contributed by atoms with Gasteiger partial charge in [-0.2, -0.15) is 0 Å². The first kappa shape index (κ1) is 11.8. The normalized spacial score (nSPS) is 18.6. The third kappa shape index (κ3) is 2.54. The average molecular weight is 234 g/mol. The molecule has 0 bridgehead atoms. The van der Waals surface area contributed by atoms with Crippen LogP contribution in [0.3, 0.4) is 0 Å². The molecule has 5 heteroatoms. The highest BCUT2D eigenvalue weighted by Gasteiger charge is 2.38. The number of carbonyl (C=O) groups excluding carboxylic acids is 1. The molecule has 0 saturated heterocycles. The molecule has 1 aromatic heterocycles. The van der Waals surface area contributed by atoms with Gasteiger partial charge in [0.15, 0.2) is 0 Å². The Labute approximate surface area is 101 Å². The first-order valence-corrected chi connectivity index (χ1v) is 5.99. The SMILES string of the molecule is Cc1cnc(NC2(C(N)=O)CCCCC2)nc1. The number of nitrogens with zero attached hydrogens (tertiary/aromatic N) is 2. The van der Waals surface area contributed by atoms with Crippen LogP contribution in [0.5, 0.6) is 0 Å². The lowest BCUT2D eigenvalue weighted by molar-refractivity contribution is -0.123. The summed E-state index contributed by atoms with van der Waals surface area (Å²) in [5.74, 6) is 0.178. The van der Waals surface area contributed by atoms with E-state index in [4.69, 9.17) is 5.73 Å². The number of primary amides is 1. The van der Waals surface area contributed by atoms with E-state index >= 15 is 0 Å². The number of anilines is 1. The van der Waals surface area contributed by atoms with Gasteiger partial charge < -0.3 is 11.1 Å². The first-order valence-electron chi connectivity index (χ1n) is 5.99. The largest absolute Gasteiger partial charge is 0.368 e. The topological polar surface area (TPSA) is 80.9 Å². The molecule has 92 valence electrons. The second-order valence-electron chi connectivity index (χ2n) is 4.72. The Morgan fingerprint density at radius 2 is 1.88 bits per heavy atom. The number of amides is 1. The molecule has 17 heavy (non-hydrogen) atoms. The predicted molar refractivity (Wildman–Crippen MR) is 65.4 cm³/mol. The van der Waals surface area contributed by atoms with E-state index in [1.807, 2.05) is 6.92 Å². The summed E-state index contributed by atoms with van der Waals surface area (Å²) in [6, 6.07) is 0. The molecule has 5 nitrogen and oxygen atoms in total. The molecule has 3 N–H and O–H groups in total. The van der Waals surface area contributed by atoms with Gasteiger partial charge in [0, 0.05) is 12.4 Å². The van der Waals surface area contributed by atoms with E-state index in [-0.39, 0.29) is 5.91 Å². The third-order valence-corrected chi connectivity index (χ3v) is 3.31. The zero-order chi connectivity index (χ0) is 12.3. The lowest BCUT2D eigenvalue weighted by Gasteiger charge is -2.34. The Balaban J connectivity index is 2.17. The van der Waals surface area contributed by atoms with Crippen molar-refractivity contribution < 1.29 is 4.79 Å². The summed E-state index contributed by atoms with van der Waals surface area (Å²) in [5, 5.41) is 3.12. The molecule has 1 aromatic rings. The molecule has 2 rings (SSSR count). The second kappa shape index (κ2) is 4.69. The molecule has 1 heterocycles. The second-order valence-corrected chi connectivity index (χ2v) is 4.72. The molecule has 0 spiro atoms. The van der Waals surface area contributed by atoms with Gasteiger partial charge in [0.05, 0.1) is 0 Å². The Morgan fingerprint density at radius 1 is 1.29 bits per heavy atom. The van der Waals surface area contributed by atoms with Crippen molar-refractivity contribution in [3.8, 4) is 0 Å². The minimum atomic E-state index is -0.659. The van der Waals surface area contributed by atoms with Crippen LogP contribution in [0.25, 0.3) is 0 Å². The fraction of sp³-hybridized carbons (Fsp3) is 0.583. The number of nitrogens with two attached hydrogens (primary N) is 1. The summed E-state index contributed by atoms with van der Waals surface area (Å²) in [6.07, 6.45) is 8.17. The van der Waals surface area contributed by atoms with Crippen LogP contribution in [0.4, 0.5) is 5.95 Å². The van der Waals surface area contributed by atoms with Crippen LogP contribution in [0, 0.1) is 6.92 Å². The van der Waals surface area contributed by atoms with Gasteiger partial charge in [0.25, 0.3) is 0 Å². The first-order chi connectivity index (χ1) is 8.12. The van der Waals surface area contributed by atoms with E-state index in [0.29, 0.717) is 5.95 Å². The van der Waals surface area contributed by atoms with E-state index in [1.54, 1.807) is 12.4 Å². The lowest BCUT2D eigenvalue weighted by atomic mass is 9.81. The van der Waals surface area contributed by atoms with Crippen LogP contribution in [0.15, 0.2) is 12.4 Å². The predicted octanol–water partition coefficient (Wildman–Crippen LogP) is 1.39. The summed E-state index contributed by atoms with van der Waals surface area (Å²) in [5.41, 5.74) is 5.86. The monoisotopic (exact) mass is 234 g/mol. The standard InChI is InChI=1S/C12H18N4O/c1-9-7-14-11(15-8-9)16-12(10(13)17)5-3-2-4-6-12/h7-8H,2-6H2,1H3,(H2,13,17)(H,14,15,16). The maximum Gasteiger partial charge on any atom is 0.243 e. The Bertz CT molecular complexity index is 395. The number of carbonyl (C=O) groups is 1. The molecule has 0 aliphatic heterocycles. The molecule has 0 unspecified atom stereocenters.